The molecule has 1 fully saturated rings. The van der Waals surface area contributed by atoms with Gasteiger partial charge in [-0.3, -0.25) is 0 Å². The molecule has 0 atom stereocenters. The van der Waals surface area contributed by atoms with Crippen LogP contribution in [0.3, 0.4) is 0 Å². The van der Waals surface area contributed by atoms with Gasteiger partial charge in [-0.1, -0.05) is 6.42 Å². The second-order valence-electron chi connectivity index (χ2n) is 3.70. The van der Waals surface area contributed by atoms with Gasteiger partial charge in [-0.25, -0.2) is 14.8 Å². The minimum atomic E-state index is -0.552. The van der Waals surface area contributed by atoms with Crippen LogP contribution in [0.1, 0.15) is 36.6 Å². The third-order valence-electron chi connectivity index (χ3n) is 2.69. The van der Waals surface area contributed by atoms with Gasteiger partial charge in [-0.15, -0.1) is 0 Å². The summed E-state index contributed by atoms with van der Waals surface area (Å²) in [4.78, 5) is 19.0. The van der Waals surface area contributed by atoms with Crippen molar-refractivity contribution in [1.29, 1.82) is 0 Å². The number of methoxy groups -OCH3 is 1. The average Bonchev–Trinajstić information content (AvgIpc) is 2.24. The maximum absolute atomic E-state index is 10.8. The molecule has 0 aromatic carbocycles. The van der Waals surface area contributed by atoms with Crippen molar-refractivity contribution in [2.75, 3.05) is 7.11 Å². The zero-order chi connectivity index (χ0) is 11.4. The smallest absolute Gasteiger partial charge is 0.384 e. The van der Waals surface area contributed by atoms with E-state index in [4.69, 9.17) is 0 Å². The molecule has 1 heterocycles. The summed E-state index contributed by atoms with van der Waals surface area (Å²) in [7, 11) is 1.30. The van der Waals surface area contributed by atoms with Crippen LogP contribution >= 0.6 is 0 Å². The Morgan fingerprint density at radius 1 is 1.50 bits per heavy atom. The van der Waals surface area contributed by atoms with Crippen LogP contribution in [-0.4, -0.2) is 23.0 Å². The van der Waals surface area contributed by atoms with Gasteiger partial charge in [-0.05, 0) is 24.8 Å². The molecule has 1 saturated carbocycles. The largest absolute Gasteiger partial charge is 0.459 e. The van der Waals surface area contributed by atoms with E-state index in [9.17, 15) is 4.79 Å². The fraction of sp³-hybridized carbons (Fsp3) is 0.417. The third-order valence-corrected chi connectivity index (χ3v) is 2.69. The highest BCUT2D eigenvalue weighted by molar-refractivity contribution is 5.88. The molecule has 0 spiro atoms. The van der Waals surface area contributed by atoms with Crippen LogP contribution in [0.5, 0.6) is 0 Å². The molecule has 1 aliphatic carbocycles. The highest BCUT2D eigenvalue weighted by atomic mass is 16.5. The van der Waals surface area contributed by atoms with Gasteiger partial charge in [0.2, 0.25) is 0 Å². The Hall–Kier alpha value is -1.89. The van der Waals surface area contributed by atoms with Crippen LogP contribution in [0.25, 0.3) is 0 Å². The van der Waals surface area contributed by atoms with Crippen molar-refractivity contribution in [2.45, 2.75) is 25.2 Å². The Kier molecular flexibility index (Phi) is 3.16. The maximum atomic E-state index is 10.8. The number of esters is 1. The second-order valence-corrected chi connectivity index (χ2v) is 3.70. The molecule has 1 aromatic heterocycles. The molecule has 1 aliphatic rings. The molecule has 2 rings (SSSR count). The first-order valence-electron chi connectivity index (χ1n) is 5.21. The number of rotatable bonds is 1. The molecular formula is C12H12N2O2. The lowest BCUT2D eigenvalue weighted by molar-refractivity contribution is -0.133. The summed E-state index contributed by atoms with van der Waals surface area (Å²) in [5, 5.41) is 0. The van der Waals surface area contributed by atoms with E-state index >= 15 is 0 Å². The van der Waals surface area contributed by atoms with E-state index in [2.05, 4.69) is 26.5 Å². The summed E-state index contributed by atoms with van der Waals surface area (Å²) in [5.74, 6) is 5.00. The first-order chi connectivity index (χ1) is 7.79. The summed E-state index contributed by atoms with van der Waals surface area (Å²) in [6.07, 6.45) is 5.12. The normalized spacial score (nSPS) is 14.6. The highest BCUT2D eigenvalue weighted by Gasteiger charge is 2.20. The number of hydrogen-bond donors (Lipinski definition) is 0. The highest BCUT2D eigenvalue weighted by Crippen LogP contribution is 2.34. The minimum absolute atomic E-state index is 0.543. The first-order valence-corrected chi connectivity index (χ1v) is 5.21. The maximum Gasteiger partial charge on any atom is 0.384 e. The molecule has 82 valence electrons. The summed E-state index contributed by atoms with van der Waals surface area (Å²) in [6.45, 7) is 0. The summed E-state index contributed by atoms with van der Waals surface area (Å²) < 4.78 is 4.43. The van der Waals surface area contributed by atoms with Crippen molar-refractivity contribution >= 4 is 5.97 Å². The van der Waals surface area contributed by atoms with Gasteiger partial charge < -0.3 is 4.74 Å². The average molecular weight is 216 g/mol. The summed E-state index contributed by atoms with van der Waals surface area (Å²) in [6, 6.07) is 1.85. The minimum Gasteiger partial charge on any atom is -0.459 e. The fourth-order valence-corrected chi connectivity index (χ4v) is 1.53. The molecule has 0 saturated heterocycles. The van der Waals surface area contributed by atoms with Gasteiger partial charge >= 0.3 is 5.97 Å². The quantitative estimate of drug-likeness (QED) is 0.524. The number of carbonyl (C=O) groups excluding carboxylic acids is 1. The van der Waals surface area contributed by atoms with Crippen LogP contribution in [0.15, 0.2) is 12.4 Å². The molecule has 0 radical (unpaired) electrons. The van der Waals surface area contributed by atoms with E-state index in [-0.39, 0.29) is 0 Å². The van der Waals surface area contributed by atoms with E-state index in [0.29, 0.717) is 11.6 Å². The SMILES string of the molecule is COC(=O)C#Cc1cc(C2CCC2)ncn1. The molecule has 0 N–H and O–H groups in total. The number of hydrogen-bond acceptors (Lipinski definition) is 4. The van der Waals surface area contributed by atoms with E-state index in [0.717, 1.165) is 5.69 Å². The Morgan fingerprint density at radius 2 is 2.31 bits per heavy atom. The molecular weight excluding hydrogens is 204 g/mol. The van der Waals surface area contributed by atoms with Gasteiger partial charge in [0.05, 0.1) is 7.11 Å². The van der Waals surface area contributed by atoms with Crippen molar-refractivity contribution in [2.24, 2.45) is 0 Å². The monoisotopic (exact) mass is 216 g/mol. The molecule has 0 amide bonds. The predicted molar refractivity (Wildman–Crippen MR) is 57.5 cm³/mol. The molecule has 0 unspecified atom stereocenters. The van der Waals surface area contributed by atoms with Crippen molar-refractivity contribution in [3.8, 4) is 11.8 Å². The Labute approximate surface area is 94.1 Å². The summed E-state index contributed by atoms with van der Waals surface area (Å²) in [5.41, 5.74) is 1.60. The van der Waals surface area contributed by atoms with Gasteiger partial charge in [0, 0.05) is 17.5 Å². The van der Waals surface area contributed by atoms with E-state index in [1.54, 1.807) is 0 Å². The molecule has 4 heteroatoms. The number of nitrogens with zero attached hydrogens (tertiary/aromatic N) is 2. The van der Waals surface area contributed by atoms with Crippen LogP contribution < -0.4 is 0 Å². The molecule has 0 aliphatic heterocycles. The Balaban J connectivity index is 2.14. The van der Waals surface area contributed by atoms with Gasteiger partial charge in [0.15, 0.2) is 0 Å². The van der Waals surface area contributed by atoms with E-state index < -0.39 is 5.97 Å². The van der Waals surface area contributed by atoms with Crippen LogP contribution in [-0.2, 0) is 9.53 Å². The zero-order valence-corrected chi connectivity index (χ0v) is 9.06. The van der Waals surface area contributed by atoms with E-state index in [1.807, 2.05) is 6.07 Å². The van der Waals surface area contributed by atoms with Crippen molar-refractivity contribution in [3.63, 3.8) is 0 Å². The van der Waals surface area contributed by atoms with Crippen LogP contribution in [0, 0.1) is 11.8 Å². The standard InChI is InChI=1S/C12H12N2O2/c1-16-12(15)6-5-10-7-11(14-8-13-10)9-3-2-4-9/h7-9H,2-4H2,1H3. The van der Waals surface area contributed by atoms with Crippen molar-refractivity contribution in [1.82, 2.24) is 9.97 Å². The summed E-state index contributed by atoms with van der Waals surface area (Å²) >= 11 is 0. The molecule has 0 bridgehead atoms. The van der Waals surface area contributed by atoms with Gasteiger partial charge in [-0.2, -0.15) is 0 Å². The lowest BCUT2D eigenvalue weighted by Gasteiger charge is -2.24. The number of aromatic nitrogens is 2. The number of carbonyl (C=O) groups is 1. The Morgan fingerprint density at radius 3 is 2.94 bits per heavy atom. The second kappa shape index (κ2) is 4.75. The zero-order valence-electron chi connectivity index (χ0n) is 9.06. The predicted octanol–water partition coefficient (Wildman–Crippen LogP) is 1.27. The van der Waals surface area contributed by atoms with E-state index in [1.165, 1.54) is 32.7 Å². The molecule has 1 aromatic rings. The molecule has 16 heavy (non-hydrogen) atoms. The first kappa shape index (κ1) is 10.6. The molecule has 4 nitrogen and oxygen atoms in total. The van der Waals surface area contributed by atoms with Crippen LogP contribution in [0.4, 0.5) is 0 Å². The Bertz CT molecular complexity index is 456. The van der Waals surface area contributed by atoms with Gasteiger partial charge in [0.25, 0.3) is 0 Å². The van der Waals surface area contributed by atoms with Crippen LogP contribution in [0.2, 0.25) is 0 Å². The van der Waals surface area contributed by atoms with Crippen molar-refractivity contribution < 1.29 is 9.53 Å². The third kappa shape index (κ3) is 2.37. The fourth-order valence-electron chi connectivity index (χ4n) is 1.53. The lowest BCUT2D eigenvalue weighted by Crippen LogP contribution is -2.11. The van der Waals surface area contributed by atoms with Gasteiger partial charge in [0.1, 0.15) is 12.0 Å². The number of ether oxygens (including phenoxy) is 1. The lowest BCUT2D eigenvalue weighted by atomic mass is 9.83. The van der Waals surface area contributed by atoms with Crippen molar-refractivity contribution in [3.05, 3.63) is 23.8 Å². The topological polar surface area (TPSA) is 52.1 Å².